The fraction of sp³-hybridized carbons (Fsp3) is 0.519. The molecule has 11 heteroatoms. The topological polar surface area (TPSA) is 110 Å². The highest BCUT2D eigenvalue weighted by Crippen LogP contribution is 2.39. The van der Waals surface area contributed by atoms with Gasteiger partial charge >= 0.3 is 6.09 Å². The lowest BCUT2D eigenvalue weighted by atomic mass is 9.80. The molecule has 3 aromatic rings. The number of aryl methyl sites for hydroxylation is 1. The number of hydrogen-bond donors (Lipinski definition) is 1. The summed E-state index contributed by atoms with van der Waals surface area (Å²) in [4.78, 5) is 20.7. The van der Waals surface area contributed by atoms with Crippen molar-refractivity contribution >= 4 is 12.0 Å². The first kappa shape index (κ1) is 25.9. The molecule has 38 heavy (non-hydrogen) atoms. The fourth-order valence-corrected chi connectivity index (χ4v) is 5.49. The van der Waals surface area contributed by atoms with Gasteiger partial charge in [-0.3, -0.25) is 9.58 Å². The number of amides is 1. The molecule has 2 bridgehead atoms. The lowest BCUT2D eigenvalue weighted by Crippen LogP contribution is -2.65. The van der Waals surface area contributed by atoms with E-state index < -0.39 is 29.9 Å². The lowest BCUT2D eigenvalue weighted by molar-refractivity contribution is -0.0468. The summed E-state index contributed by atoms with van der Waals surface area (Å²) in [5, 5.41) is 23.3. The molecule has 2 aromatic heterocycles. The molecule has 4 atom stereocenters. The van der Waals surface area contributed by atoms with Gasteiger partial charge in [-0.1, -0.05) is 6.07 Å². The minimum atomic E-state index is -1.28. The molecule has 2 aliphatic rings. The van der Waals surface area contributed by atoms with Crippen LogP contribution in [-0.2, 0) is 11.8 Å². The molecular weight excluding hydrogens is 489 g/mol. The second-order valence-corrected chi connectivity index (χ2v) is 11.2. The molecule has 4 heterocycles. The summed E-state index contributed by atoms with van der Waals surface area (Å²) in [6, 6.07) is 4.14. The van der Waals surface area contributed by atoms with Crippen LogP contribution in [0.3, 0.4) is 0 Å². The highest BCUT2D eigenvalue weighted by molar-refractivity contribution is 5.73. The number of halogens is 1. The molecule has 1 N–H and O–H groups in total. The Labute approximate surface area is 221 Å². The van der Waals surface area contributed by atoms with E-state index in [9.17, 15) is 9.90 Å². The lowest BCUT2D eigenvalue weighted by Gasteiger charge is -2.51. The molecule has 1 amide bonds. The van der Waals surface area contributed by atoms with Crippen LogP contribution in [0.2, 0.25) is 0 Å². The largest absolute Gasteiger partial charge is 0.507 e. The molecule has 1 aromatic carbocycles. The van der Waals surface area contributed by atoms with Crippen LogP contribution < -0.4 is 4.90 Å². The Balaban J connectivity index is 1.32. The number of carbonyl (C=O) groups is 1. The quantitative estimate of drug-likeness (QED) is 0.538. The smallest absolute Gasteiger partial charge is 0.410 e. The number of benzene rings is 1. The van der Waals surface area contributed by atoms with Crippen molar-refractivity contribution in [3.8, 4) is 28.1 Å². The van der Waals surface area contributed by atoms with E-state index in [4.69, 9.17) is 4.74 Å². The maximum Gasteiger partial charge on any atom is 0.410 e. The summed E-state index contributed by atoms with van der Waals surface area (Å²) in [6.45, 7) is 5.45. The van der Waals surface area contributed by atoms with Crippen molar-refractivity contribution < 1.29 is 19.0 Å². The number of aromatic nitrogens is 5. The molecule has 202 valence electrons. The van der Waals surface area contributed by atoms with Crippen LogP contribution in [0.25, 0.3) is 22.4 Å². The van der Waals surface area contributed by atoms with E-state index in [-0.39, 0.29) is 17.7 Å². The Morgan fingerprint density at radius 1 is 1.18 bits per heavy atom. The summed E-state index contributed by atoms with van der Waals surface area (Å²) >= 11 is 0. The molecular formula is C27H34FN7O3. The van der Waals surface area contributed by atoms with E-state index in [0.717, 1.165) is 24.0 Å². The molecule has 10 nitrogen and oxygen atoms in total. The summed E-state index contributed by atoms with van der Waals surface area (Å²) < 4.78 is 23.2. The van der Waals surface area contributed by atoms with Gasteiger partial charge in [-0.15, -0.1) is 10.2 Å². The molecule has 0 radical (unpaired) electrons. The summed E-state index contributed by atoms with van der Waals surface area (Å²) in [7, 11) is 3.59. The van der Waals surface area contributed by atoms with Gasteiger partial charge in [-0.25, -0.2) is 14.2 Å². The van der Waals surface area contributed by atoms with Crippen LogP contribution in [-0.4, -0.2) is 78.0 Å². The summed E-state index contributed by atoms with van der Waals surface area (Å²) in [5.41, 5.74) is 1.98. The Morgan fingerprint density at radius 2 is 1.97 bits per heavy atom. The normalized spacial score (nSPS) is 23.3. The van der Waals surface area contributed by atoms with Crippen molar-refractivity contribution in [3.05, 3.63) is 36.8 Å². The third-order valence-corrected chi connectivity index (χ3v) is 7.32. The van der Waals surface area contributed by atoms with Gasteiger partial charge in [0.05, 0.1) is 24.5 Å². The van der Waals surface area contributed by atoms with Crippen molar-refractivity contribution in [2.75, 3.05) is 11.9 Å². The van der Waals surface area contributed by atoms with Crippen molar-refractivity contribution in [2.45, 2.75) is 76.4 Å². The van der Waals surface area contributed by atoms with Gasteiger partial charge in [0, 0.05) is 37.5 Å². The minimum Gasteiger partial charge on any atom is -0.507 e. The number of alkyl halides is 1. The number of carbonyl (C=O) groups excluding carboxylic acids is 1. The Morgan fingerprint density at radius 3 is 2.61 bits per heavy atom. The zero-order valence-electron chi connectivity index (χ0n) is 22.4. The SMILES string of the molecule is CN(c1ncc(-c2ccc(-c3cnn(C)c3)cc2O)nn1)[C@H]1C[C@H]2CCC[C@@H]([C@H]1F)N2C(=O)OC(C)(C)C. The van der Waals surface area contributed by atoms with Gasteiger partial charge in [0.25, 0.3) is 0 Å². The first-order chi connectivity index (χ1) is 18.0. The van der Waals surface area contributed by atoms with Crippen LogP contribution in [0.1, 0.15) is 46.5 Å². The first-order valence-electron chi connectivity index (χ1n) is 12.9. The number of anilines is 1. The van der Waals surface area contributed by atoms with E-state index in [1.807, 2.05) is 40.1 Å². The molecule has 5 rings (SSSR count). The maximum atomic E-state index is 15.9. The van der Waals surface area contributed by atoms with Gasteiger partial charge in [0.1, 0.15) is 23.2 Å². The van der Waals surface area contributed by atoms with Crippen LogP contribution in [0, 0.1) is 0 Å². The first-order valence-corrected chi connectivity index (χ1v) is 12.9. The van der Waals surface area contributed by atoms with E-state index >= 15 is 4.39 Å². The highest BCUT2D eigenvalue weighted by atomic mass is 19.1. The molecule has 0 spiro atoms. The van der Waals surface area contributed by atoms with Crippen molar-refractivity contribution in [3.63, 3.8) is 0 Å². The Bertz CT molecular complexity index is 1310. The number of phenols is 1. The molecule has 0 saturated carbocycles. The molecule has 0 aliphatic carbocycles. The van der Waals surface area contributed by atoms with E-state index in [1.54, 1.807) is 39.9 Å². The second-order valence-electron chi connectivity index (χ2n) is 11.2. The number of phenolic OH excluding ortho intramolecular Hbond substituents is 1. The average molecular weight is 524 g/mol. The van der Waals surface area contributed by atoms with Crippen molar-refractivity contribution in [2.24, 2.45) is 7.05 Å². The Kier molecular flexibility index (Phi) is 6.70. The number of ether oxygens (including phenoxy) is 1. The van der Waals surface area contributed by atoms with Crippen molar-refractivity contribution in [1.82, 2.24) is 29.9 Å². The monoisotopic (exact) mass is 523 g/mol. The average Bonchev–Trinajstić information content (AvgIpc) is 3.31. The van der Waals surface area contributed by atoms with Crippen LogP contribution in [0.15, 0.2) is 36.8 Å². The van der Waals surface area contributed by atoms with Crippen LogP contribution in [0.4, 0.5) is 15.1 Å². The van der Waals surface area contributed by atoms with E-state index in [2.05, 4.69) is 20.3 Å². The number of fused-ring (bicyclic) bond motifs is 2. The second kappa shape index (κ2) is 9.85. The van der Waals surface area contributed by atoms with Crippen LogP contribution in [0.5, 0.6) is 5.75 Å². The van der Waals surface area contributed by atoms with E-state index in [0.29, 0.717) is 24.1 Å². The predicted octanol–water partition coefficient (Wildman–Crippen LogP) is 4.35. The zero-order valence-corrected chi connectivity index (χ0v) is 22.4. The predicted molar refractivity (Wildman–Crippen MR) is 140 cm³/mol. The molecule has 2 aliphatic heterocycles. The number of aromatic hydroxyl groups is 1. The Hall–Kier alpha value is -3.76. The number of rotatable bonds is 4. The molecule has 2 fully saturated rings. The van der Waals surface area contributed by atoms with Gasteiger partial charge in [0.2, 0.25) is 5.95 Å². The maximum absolute atomic E-state index is 15.9. The van der Waals surface area contributed by atoms with Crippen molar-refractivity contribution in [1.29, 1.82) is 0 Å². The van der Waals surface area contributed by atoms with Gasteiger partial charge in [-0.2, -0.15) is 5.10 Å². The number of hydrogen-bond acceptors (Lipinski definition) is 8. The summed E-state index contributed by atoms with van der Waals surface area (Å²) in [6.07, 6.45) is 6.11. The molecule has 0 unspecified atom stereocenters. The highest BCUT2D eigenvalue weighted by Gasteiger charge is 2.50. The van der Waals surface area contributed by atoms with Gasteiger partial charge in [-0.05, 0) is 64.2 Å². The standard InChI is InChI=1S/C27H34FN7O3/c1-27(2,3)38-26(37)35-18-7-6-8-21(35)24(28)22(12-18)34(5)25-29-14-20(31-32-25)19-10-9-16(11-23(19)36)17-13-30-33(4)15-17/h9-11,13-15,18,21-22,24,36H,6-8,12H2,1-5H3/t18-,21+,22+,24-/m1/s1. The third kappa shape index (κ3) is 5.01. The number of piperidine rings is 2. The van der Waals surface area contributed by atoms with Gasteiger partial charge < -0.3 is 14.7 Å². The van der Waals surface area contributed by atoms with E-state index in [1.165, 1.54) is 6.20 Å². The molecule has 2 saturated heterocycles. The van der Waals surface area contributed by atoms with Gasteiger partial charge in [0.15, 0.2) is 0 Å². The van der Waals surface area contributed by atoms with Crippen LogP contribution >= 0.6 is 0 Å². The third-order valence-electron chi connectivity index (χ3n) is 7.32. The fourth-order valence-electron chi connectivity index (χ4n) is 5.49. The summed E-state index contributed by atoms with van der Waals surface area (Å²) in [5.74, 6) is 0.339. The minimum absolute atomic E-state index is 0.0507. The number of nitrogens with zero attached hydrogens (tertiary/aromatic N) is 7. The zero-order chi connectivity index (χ0) is 27.2.